The fraction of sp³-hybridized carbons (Fsp3) is 0.344. The molecule has 4 aromatic rings. The third-order valence-corrected chi connectivity index (χ3v) is 7.68. The monoisotopic (exact) mass is 629 g/mol. The van der Waals surface area contributed by atoms with Crippen LogP contribution in [-0.4, -0.2) is 58.2 Å². The molecule has 240 valence electrons. The summed E-state index contributed by atoms with van der Waals surface area (Å²) in [6.45, 7) is 5.28. The highest BCUT2D eigenvalue weighted by Crippen LogP contribution is 2.44. The summed E-state index contributed by atoms with van der Waals surface area (Å²) in [5.41, 5.74) is 3.10. The van der Waals surface area contributed by atoms with Gasteiger partial charge in [0.1, 0.15) is 17.6 Å². The quantitative estimate of drug-likeness (QED) is 0.170. The smallest absolute Gasteiger partial charge is 0.418 e. The van der Waals surface area contributed by atoms with Crippen molar-refractivity contribution in [3.8, 4) is 11.4 Å². The summed E-state index contributed by atoms with van der Waals surface area (Å²) in [4.78, 5) is 24.0. The number of anilines is 1. The number of amides is 2. The van der Waals surface area contributed by atoms with E-state index in [0.29, 0.717) is 27.8 Å². The Balaban J connectivity index is 1.66. The SMILES string of the molecule is COc1ccc(F)cc1C(C)(C)CC(O)(CNc1cc(C)cc2c1cnn2-c1cccc(C(=O)N[C@H](C)C(N)=O)c1)C(F)(F)F. The number of aliphatic hydroxyl groups is 1. The second-order valence-corrected chi connectivity index (χ2v) is 11.7. The number of nitrogens with one attached hydrogen (secondary N) is 2. The number of aromatic nitrogens is 2. The number of benzene rings is 3. The number of fused-ring (bicyclic) bond motifs is 1. The lowest BCUT2D eigenvalue weighted by Crippen LogP contribution is -2.53. The number of primary amides is 1. The number of nitrogens with two attached hydrogens (primary N) is 1. The molecule has 0 bridgehead atoms. The average molecular weight is 630 g/mol. The third kappa shape index (κ3) is 7.03. The number of aryl methyl sites for hydroxylation is 1. The highest BCUT2D eigenvalue weighted by molar-refractivity contribution is 5.98. The molecule has 1 unspecified atom stereocenters. The molecule has 2 atom stereocenters. The molecule has 0 spiro atoms. The minimum atomic E-state index is -5.04. The number of halogens is 4. The fourth-order valence-corrected chi connectivity index (χ4v) is 5.29. The van der Waals surface area contributed by atoms with Crippen molar-refractivity contribution in [3.05, 3.63) is 83.3 Å². The lowest BCUT2D eigenvalue weighted by atomic mass is 9.74. The Morgan fingerprint density at radius 2 is 1.82 bits per heavy atom. The van der Waals surface area contributed by atoms with Gasteiger partial charge in [0.25, 0.3) is 5.91 Å². The van der Waals surface area contributed by atoms with E-state index in [9.17, 15) is 32.3 Å². The molecule has 0 aliphatic heterocycles. The molecule has 0 saturated heterocycles. The van der Waals surface area contributed by atoms with Crippen molar-refractivity contribution in [3.63, 3.8) is 0 Å². The van der Waals surface area contributed by atoms with Crippen molar-refractivity contribution < 1.29 is 37.0 Å². The summed E-state index contributed by atoms with van der Waals surface area (Å²) in [7, 11) is 1.34. The van der Waals surface area contributed by atoms with Crippen LogP contribution in [0.25, 0.3) is 16.6 Å². The Hall–Kier alpha value is -4.65. The van der Waals surface area contributed by atoms with Gasteiger partial charge in [0, 0.05) is 22.2 Å². The summed E-state index contributed by atoms with van der Waals surface area (Å²) in [5, 5.41) is 21.3. The van der Waals surface area contributed by atoms with Crippen LogP contribution in [0.5, 0.6) is 5.75 Å². The van der Waals surface area contributed by atoms with Crippen LogP contribution in [0.4, 0.5) is 23.2 Å². The van der Waals surface area contributed by atoms with E-state index in [2.05, 4.69) is 15.7 Å². The van der Waals surface area contributed by atoms with Gasteiger partial charge in [-0.25, -0.2) is 9.07 Å². The topological polar surface area (TPSA) is 132 Å². The van der Waals surface area contributed by atoms with Crippen molar-refractivity contribution in [2.45, 2.75) is 57.3 Å². The molecule has 2 amide bonds. The highest BCUT2D eigenvalue weighted by Gasteiger charge is 2.56. The molecule has 5 N–H and O–H groups in total. The van der Waals surface area contributed by atoms with Gasteiger partial charge in [0.2, 0.25) is 5.91 Å². The molecule has 45 heavy (non-hydrogen) atoms. The number of hydrogen-bond donors (Lipinski definition) is 4. The zero-order valence-electron chi connectivity index (χ0n) is 25.4. The molecule has 0 fully saturated rings. The zero-order valence-corrected chi connectivity index (χ0v) is 25.4. The largest absolute Gasteiger partial charge is 0.496 e. The highest BCUT2D eigenvalue weighted by atomic mass is 19.4. The number of ether oxygens (including phenoxy) is 1. The van der Waals surface area contributed by atoms with E-state index >= 15 is 0 Å². The predicted octanol–water partition coefficient (Wildman–Crippen LogP) is 5.16. The molecule has 4 rings (SSSR count). The summed E-state index contributed by atoms with van der Waals surface area (Å²) in [5.74, 6) is -1.65. The van der Waals surface area contributed by atoms with Crippen molar-refractivity contribution in [2.75, 3.05) is 19.0 Å². The van der Waals surface area contributed by atoms with Crippen LogP contribution >= 0.6 is 0 Å². The lowest BCUT2D eigenvalue weighted by Gasteiger charge is -2.38. The van der Waals surface area contributed by atoms with E-state index in [1.165, 1.54) is 44.8 Å². The Bertz CT molecular complexity index is 1740. The summed E-state index contributed by atoms with van der Waals surface area (Å²) in [6.07, 6.45) is -4.38. The number of nitrogens with zero attached hydrogens (tertiary/aromatic N) is 2. The van der Waals surface area contributed by atoms with E-state index < -0.39 is 53.8 Å². The van der Waals surface area contributed by atoms with Crippen molar-refractivity contribution >= 4 is 28.4 Å². The van der Waals surface area contributed by atoms with Crippen LogP contribution in [-0.2, 0) is 10.2 Å². The van der Waals surface area contributed by atoms with E-state index in [1.807, 2.05) is 0 Å². The fourth-order valence-electron chi connectivity index (χ4n) is 5.29. The first kappa shape index (κ1) is 33.2. The average Bonchev–Trinajstić information content (AvgIpc) is 3.39. The maximum absolute atomic E-state index is 14.5. The van der Waals surface area contributed by atoms with E-state index in [0.717, 1.165) is 12.1 Å². The Morgan fingerprint density at radius 3 is 2.47 bits per heavy atom. The van der Waals surface area contributed by atoms with Crippen LogP contribution in [0.3, 0.4) is 0 Å². The van der Waals surface area contributed by atoms with E-state index in [4.69, 9.17) is 10.5 Å². The minimum absolute atomic E-state index is 0.187. The maximum Gasteiger partial charge on any atom is 0.418 e. The molecule has 13 heteroatoms. The number of hydrogen-bond acceptors (Lipinski definition) is 6. The number of methoxy groups -OCH3 is 1. The maximum atomic E-state index is 14.5. The van der Waals surface area contributed by atoms with Gasteiger partial charge < -0.3 is 26.2 Å². The second kappa shape index (κ2) is 12.4. The first-order valence-electron chi connectivity index (χ1n) is 14.0. The minimum Gasteiger partial charge on any atom is -0.496 e. The number of alkyl halides is 3. The predicted molar refractivity (Wildman–Crippen MR) is 162 cm³/mol. The molecule has 0 aliphatic carbocycles. The van der Waals surface area contributed by atoms with Crippen molar-refractivity contribution in [1.29, 1.82) is 0 Å². The van der Waals surface area contributed by atoms with Gasteiger partial charge >= 0.3 is 6.18 Å². The molecule has 1 aromatic heterocycles. The molecule has 0 aliphatic rings. The zero-order chi connectivity index (χ0) is 33.3. The molecule has 9 nitrogen and oxygen atoms in total. The summed E-state index contributed by atoms with van der Waals surface area (Å²) >= 11 is 0. The second-order valence-electron chi connectivity index (χ2n) is 11.7. The first-order valence-corrected chi connectivity index (χ1v) is 14.0. The van der Waals surface area contributed by atoms with Gasteiger partial charge in [-0.3, -0.25) is 9.59 Å². The number of carbonyl (C=O) groups is 2. The van der Waals surface area contributed by atoms with Crippen LogP contribution < -0.4 is 21.1 Å². The number of rotatable bonds is 11. The Labute approximate surface area is 257 Å². The Morgan fingerprint density at radius 1 is 1.11 bits per heavy atom. The Kier molecular flexibility index (Phi) is 9.15. The van der Waals surface area contributed by atoms with Crippen LogP contribution in [0.1, 0.15) is 48.7 Å². The van der Waals surface area contributed by atoms with Crippen LogP contribution in [0, 0.1) is 12.7 Å². The van der Waals surface area contributed by atoms with Gasteiger partial charge in [0.05, 0.1) is 31.1 Å². The van der Waals surface area contributed by atoms with Gasteiger partial charge in [0.15, 0.2) is 5.60 Å². The summed E-state index contributed by atoms with van der Waals surface area (Å²) in [6, 6.07) is 12.5. The summed E-state index contributed by atoms with van der Waals surface area (Å²) < 4.78 is 64.4. The van der Waals surface area contributed by atoms with E-state index in [-0.39, 0.29) is 16.9 Å². The molecule has 3 aromatic carbocycles. The standard InChI is InChI=1S/C32H35F4N5O4/c1-18-11-25(38-17-31(44,32(34,35)36)16-30(3,4)24-14-21(33)9-10-27(24)45-5)23-15-39-41(26(23)12-18)22-8-6-7-20(13-22)29(43)40-19(2)28(37)42/h6-15,19,38,44H,16-17H2,1-5H3,(H2,37,42)(H,40,43)/t19-,31?/m1/s1. The number of carbonyl (C=O) groups excluding carboxylic acids is 2. The lowest BCUT2D eigenvalue weighted by molar-refractivity contribution is -0.260. The van der Waals surface area contributed by atoms with Crippen molar-refractivity contribution in [1.82, 2.24) is 15.1 Å². The van der Waals surface area contributed by atoms with Gasteiger partial charge in [-0.1, -0.05) is 19.9 Å². The molecule has 0 saturated carbocycles. The van der Waals surface area contributed by atoms with Crippen LogP contribution in [0.2, 0.25) is 0 Å². The van der Waals surface area contributed by atoms with Gasteiger partial charge in [-0.2, -0.15) is 18.3 Å². The normalized spacial score (nSPS) is 14.1. The molecular formula is C32H35F4N5O4. The first-order chi connectivity index (χ1) is 21.0. The van der Waals surface area contributed by atoms with E-state index in [1.54, 1.807) is 43.3 Å². The van der Waals surface area contributed by atoms with Gasteiger partial charge in [-0.05, 0) is 79.8 Å². The van der Waals surface area contributed by atoms with Crippen molar-refractivity contribution in [2.24, 2.45) is 5.73 Å². The molecular weight excluding hydrogens is 594 g/mol. The van der Waals surface area contributed by atoms with Crippen LogP contribution in [0.15, 0.2) is 60.8 Å². The van der Waals surface area contributed by atoms with Gasteiger partial charge in [-0.15, -0.1) is 0 Å². The third-order valence-electron chi connectivity index (χ3n) is 7.68. The molecule has 1 heterocycles. The molecule has 0 radical (unpaired) electrons.